The maximum absolute atomic E-state index is 13.7. The summed E-state index contributed by atoms with van der Waals surface area (Å²) in [6.45, 7) is 10.3. The molecule has 3 aromatic rings. The highest BCUT2D eigenvalue weighted by Crippen LogP contribution is 2.57. The zero-order valence-corrected chi connectivity index (χ0v) is 30.1. The summed E-state index contributed by atoms with van der Waals surface area (Å²) in [5.74, 6) is -3.23. The predicted octanol–water partition coefficient (Wildman–Crippen LogP) is 5.87. The van der Waals surface area contributed by atoms with Gasteiger partial charge >= 0.3 is 23.9 Å². The Hall–Kier alpha value is -6.05. The quantitative estimate of drug-likeness (QED) is 0.166. The van der Waals surface area contributed by atoms with Gasteiger partial charge in [-0.1, -0.05) is 6.07 Å². The monoisotopic (exact) mass is 726 g/mol. The Morgan fingerprint density at radius 3 is 1.79 bits per heavy atom. The number of hydroxylamine groups is 2. The van der Waals surface area contributed by atoms with Gasteiger partial charge < -0.3 is 29.1 Å². The Balaban J connectivity index is 1.27. The molecule has 6 rings (SSSR count). The minimum atomic E-state index is -1.53. The molecule has 1 saturated heterocycles. The number of imide groups is 1. The molecule has 0 aromatic heterocycles. The Bertz CT molecular complexity index is 1990. The molecule has 14 heteroatoms. The number of hydrogen-bond donors (Lipinski definition) is 1. The van der Waals surface area contributed by atoms with E-state index in [0.29, 0.717) is 27.4 Å². The Labute approximate surface area is 304 Å². The van der Waals surface area contributed by atoms with Crippen molar-refractivity contribution in [2.24, 2.45) is 10.8 Å². The number of fused-ring (bicyclic) bond motifs is 6. The van der Waals surface area contributed by atoms with Crippen molar-refractivity contribution in [1.82, 2.24) is 5.06 Å². The molecule has 0 radical (unpaired) electrons. The first-order valence-corrected chi connectivity index (χ1v) is 17.0. The lowest BCUT2D eigenvalue weighted by Gasteiger charge is -2.36. The molecule has 14 nitrogen and oxygen atoms in total. The lowest BCUT2D eigenvalue weighted by Crippen LogP contribution is -2.33. The van der Waals surface area contributed by atoms with E-state index in [4.69, 9.17) is 23.8 Å². The van der Waals surface area contributed by atoms with Crippen molar-refractivity contribution in [3.8, 4) is 23.0 Å². The van der Waals surface area contributed by atoms with Crippen LogP contribution in [0.1, 0.15) is 101 Å². The van der Waals surface area contributed by atoms with Crippen LogP contribution in [0.3, 0.4) is 0 Å². The normalized spacial score (nSPS) is 15.5. The third-order valence-electron chi connectivity index (χ3n) is 8.66. The van der Waals surface area contributed by atoms with E-state index in [1.165, 1.54) is 18.2 Å². The molecule has 0 unspecified atom stereocenters. The van der Waals surface area contributed by atoms with Crippen molar-refractivity contribution in [2.45, 2.75) is 79.2 Å². The fourth-order valence-corrected chi connectivity index (χ4v) is 5.84. The van der Waals surface area contributed by atoms with Crippen LogP contribution in [0.4, 0.5) is 5.69 Å². The molecule has 1 fully saturated rings. The average molecular weight is 727 g/mol. The van der Waals surface area contributed by atoms with Gasteiger partial charge in [-0.15, -0.1) is 5.06 Å². The third-order valence-corrected chi connectivity index (χ3v) is 8.66. The summed E-state index contributed by atoms with van der Waals surface area (Å²) < 4.78 is 23.8. The zero-order chi connectivity index (χ0) is 38.5. The van der Waals surface area contributed by atoms with Crippen LogP contribution in [0.15, 0.2) is 54.6 Å². The first-order chi connectivity index (χ1) is 24.9. The molecule has 3 amide bonds. The number of anilines is 1. The van der Waals surface area contributed by atoms with Crippen molar-refractivity contribution in [3.05, 3.63) is 76.9 Å². The molecule has 0 atom stereocenters. The molecule has 3 aromatic carbocycles. The molecule has 53 heavy (non-hydrogen) atoms. The summed E-state index contributed by atoms with van der Waals surface area (Å²) in [5, 5.41) is 3.17. The zero-order valence-electron chi connectivity index (χ0n) is 30.1. The van der Waals surface area contributed by atoms with Gasteiger partial charge in [0.15, 0.2) is 5.60 Å². The van der Waals surface area contributed by atoms with E-state index in [9.17, 15) is 33.6 Å². The summed E-state index contributed by atoms with van der Waals surface area (Å²) in [7, 11) is 0. The maximum Gasteiger partial charge on any atom is 0.340 e. The summed E-state index contributed by atoms with van der Waals surface area (Å²) >= 11 is 0. The number of hydrogen-bond acceptors (Lipinski definition) is 12. The van der Waals surface area contributed by atoms with Crippen LogP contribution in [0.2, 0.25) is 0 Å². The van der Waals surface area contributed by atoms with Crippen LogP contribution in [-0.4, -0.2) is 46.7 Å². The Morgan fingerprint density at radius 2 is 1.26 bits per heavy atom. The van der Waals surface area contributed by atoms with Gasteiger partial charge in [0, 0.05) is 60.2 Å². The van der Waals surface area contributed by atoms with Crippen molar-refractivity contribution < 1.29 is 57.3 Å². The second kappa shape index (κ2) is 13.5. The minimum Gasteiger partial charge on any atom is -0.456 e. The molecule has 0 aliphatic carbocycles. The number of rotatable bonds is 8. The van der Waals surface area contributed by atoms with Gasteiger partial charge in [0.2, 0.25) is 5.91 Å². The smallest absolute Gasteiger partial charge is 0.340 e. The largest absolute Gasteiger partial charge is 0.456 e. The van der Waals surface area contributed by atoms with E-state index in [1.807, 2.05) is 0 Å². The molecule has 1 N–H and O–H groups in total. The highest BCUT2D eigenvalue weighted by atomic mass is 16.7. The average Bonchev–Trinajstić information content (AvgIpc) is 3.54. The SMILES string of the molecule is CC(C)(C)C(=O)Oc1ccc2c(c1)Oc1cc(OC(=O)C(C)(C)C)ccc1C21OC(=O)c2cc(NC(=O)CCCC(=O)ON3C(=O)CCC3=O)ccc21. The molecule has 276 valence electrons. The highest BCUT2D eigenvalue weighted by Gasteiger charge is 2.54. The summed E-state index contributed by atoms with van der Waals surface area (Å²) in [4.78, 5) is 92.2. The number of carbonyl (C=O) groups excluding carboxylic acids is 7. The molecular weight excluding hydrogens is 688 g/mol. The van der Waals surface area contributed by atoms with Crippen LogP contribution in [-0.2, 0) is 43.9 Å². The molecule has 0 bridgehead atoms. The Morgan fingerprint density at radius 1 is 0.736 bits per heavy atom. The van der Waals surface area contributed by atoms with E-state index in [2.05, 4.69) is 5.32 Å². The van der Waals surface area contributed by atoms with E-state index >= 15 is 0 Å². The maximum atomic E-state index is 13.7. The number of carbonyl (C=O) groups is 7. The van der Waals surface area contributed by atoms with Crippen molar-refractivity contribution in [1.29, 1.82) is 0 Å². The van der Waals surface area contributed by atoms with E-state index in [1.54, 1.807) is 77.9 Å². The van der Waals surface area contributed by atoms with Gasteiger partial charge in [-0.3, -0.25) is 24.0 Å². The lowest BCUT2D eigenvalue weighted by atomic mass is 9.77. The molecule has 3 aliphatic heterocycles. The second-order valence-electron chi connectivity index (χ2n) is 15.0. The number of amides is 3. The summed E-state index contributed by atoms with van der Waals surface area (Å²) in [6, 6.07) is 14.2. The van der Waals surface area contributed by atoms with Crippen LogP contribution >= 0.6 is 0 Å². The standard InChI is InChI=1S/C39H38N2O12/c1-37(2,3)35(47)49-22-11-14-26-28(19-22)51-29-20-23(50-36(48)38(4,5)6)12-15-27(29)39(26)25-13-10-21(18-24(25)34(46)52-39)40-30(42)8-7-9-33(45)53-41-31(43)16-17-32(41)44/h10-15,18-20H,7-9,16-17H2,1-6H3,(H,40,42). The molecular formula is C39H38N2O12. The van der Waals surface area contributed by atoms with Gasteiger partial charge in [0.1, 0.15) is 23.0 Å². The molecule has 1 spiro atoms. The predicted molar refractivity (Wildman–Crippen MR) is 185 cm³/mol. The second-order valence-corrected chi connectivity index (χ2v) is 15.0. The third kappa shape index (κ3) is 7.21. The summed E-state index contributed by atoms with van der Waals surface area (Å²) in [5.41, 5.74) is -1.33. The number of benzene rings is 3. The van der Waals surface area contributed by atoms with Crippen LogP contribution < -0.4 is 19.5 Å². The van der Waals surface area contributed by atoms with Crippen molar-refractivity contribution in [3.63, 3.8) is 0 Å². The van der Waals surface area contributed by atoms with Crippen LogP contribution in [0, 0.1) is 10.8 Å². The molecule has 0 saturated carbocycles. The van der Waals surface area contributed by atoms with Gasteiger partial charge in [-0.2, -0.15) is 0 Å². The number of ether oxygens (including phenoxy) is 4. The van der Waals surface area contributed by atoms with Gasteiger partial charge in [-0.05, 0) is 84.4 Å². The molecule has 3 heterocycles. The van der Waals surface area contributed by atoms with Crippen LogP contribution in [0.5, 0.6) is 23.0 Å². The van der Waals surface area contributed by atoms with Crippen molar-refractivity contribution >= 4 is 47.3 Å². The number of nitrogens with one attached hydrogen (secondary N) is 1. The minimum absolute atomic E-state index is 0.0256. The topological polar surface area (TPSA) is 181 Å². The lowest BCUT2D eigenvalue weighted by molar-refractivity contribution is -0.197. The first kappa shape index (κ1) is 36.7. The van der Waals surface area contributed by atoms with Crippen molar-refractivity contribution in [2.75, 3.05) is 5.32 Å². The van der Waals surface area contributed by atoms with E-state index < -0.39 is 58.0 Å². The summed E-state index contributed by atoms with van der Waals surface area (Å²) in [6.07, 6.45) is -0.279. The van der Waals surface area contributed by atoms with Gasteiger partial charge in [0.05, 0.1) is 16.4 Å². The fourth-order valence-electron chi connectivity index (χ4n) is 5.84. The van der Waals surface area contributed by atoms with Gasteiger partial charge in [0.25, 0.3) is 11.8 Å². The highest BCUT2D eigenvalue weighted by molar-refractivity contribution is 6.02. The van der Waals surface area contributed by atoms with Crippen LogP contribution in [0.25, 0.3) is 0 Å². The van der Waals surface area contributed by atoms with Gasteiger partial charge in [-0.25, -0.2) is 9.59 Å². The fraction of sp³-hybridized carbons (Fsp3) is 0.359. The Kier molecular flexibility index (Phi) is 9.35. The first-order valence-electron chi connectivity index (χ1n) is 17.0. The molecule has 3 aliphatic rings. The van der Waals surface area contributed by atoms with E-state index in [-0.39, 0.29) is 60.7 Å². The number of esters is 3. The van der Waals surface area contributed by atoms with E-state index in [0.717, 1.165) is 0 Å². The number of nitrogens with zero attached hydrogens (tertiary/aromatic N) is 1.